The second kappa shape index (κ2) is 7.84. The van der Waals surface area contributed by atoms with E-state index in [2.05, 4.69) is 5.32 Å². The normalized spacial score (nSPS) is 9.96. The number of hydrogen-bond donors (Lipinski definition) is 2. The van der Waals surface area contributed by atoms with Crippen LogP contribution in [0, 0.1) is 0 Å². The predicted octanol–water partition coefficient (Wildman–Crippen LogP) is 2.09. The number of aliphatic carboxylic acids is 1. The van der Waals surface area contributed by atoms with E-state index in [4.69, 9.17) is 14.6 Å². The molecule has 0 unspecified atom stereocenters. The molecule has 1 amide bonds. The summed E-state index contributed by atoms with van der Waals surface area (Å²) in [5, 5.41) is 11.3. The van der Waals surface area contributed by atoms with Gasteiger partial charge in [0.15, 0.2) is 6.61 Å². The SMILES string of the molecule is COc1ccccc1C(=O)NCc1ccc(OCC(=O)O)cc1. The fourth-order valence-electron chi connectivity index (χ4n) is 1.96. The minimum absolute atomic E-state index is 0.228. The van der Waals surface area contributed by atoms with E-state index in [1.54, 1.807) is 48.5 Å². The highest BCUT2D eigenvalue weighted by Gasteiger charge is 2.10. The van der Waals surface area contributed by atoms with Crippen molar-refractivity contribution in [2.24, 2.45) is 0 Å². The van der Waals surface area contributed by atoms with Crippen LogP contribution in [0.15, 0.2) is 48.5 Å². The highest BCUT2D eigenvalue weighted by Crippen LogP contribution is 2.17. The fourth-order valence-corrected chi connectivity index (χ4v) is 1.96. The molecule has 2 N–H and O–H groups in total. The molecule has 0 aromatic heterocycles. The zero-order chi connectivity index (χ0) is 16.7. The van der Waals surface area contributed by atoms with Gasteiger partial charge in [-0.1, -0.05) is 24.3 Å². The predicted molar refractivity (Wildman–Crippen MR) is 83.7 cm³/mol. The third kappa shape index (κ3) is 4.74. The van der Waals surface area contributed by atoms with Crippen molar-refractivity contribution < 1.29 is 24.2 Å². The molecule has 0 aliphatic carbocycles. The van der Waals surface area contributed by atoms with E-state index in [1.165, 1.54) is 7.11 Å². The Hall–Kier alpha value is -3.02. The molecule has 0 saturated carbocycles. The van der Waals surface area contributed by atoms with Gasteiger partial charge in [-0.2, -0.15) is 0 Å². The minimum Gasteiger partial charge on any atom is -0.496 e. The summed E-state index contributed by atoms with van der Waals surface area (Å²) >= 11 is 0. The topological polar surface area (TPSA) is 84.9 Å². The van der Waals surface area contributed by atoms with Gasteiger partial charge in [-0.3, -0.25) is 4.79 Å². The van der Waals surface area contributed by atoms with E-state index in [1.807, 2.05) is 0 Å². The number of amides is 1. The number of carbonyl (C=O) groups is 2. The van der Waals surface area contributed by atoms with E-state index in [9.17, 15) is 9.59 Å². The molecule has 2 aromatic rings. The smallest absolute Gasteiger partial charge is 0.341 e. The first-order valence-corrected chi connectivity index (χ1v) is 6.95. The Kier molecular flexibility index (Phi) is 5.57. The molecule has 0 atom stereocenters. The molecule has 0 heterocycles. The van der Waals surface area contributed by atoms with Gasteiger partial charge < -0.3 is 19.9 Å². The van der Waals surface area contributed by atoms with Crippen molar-refractivity contribution in [1.82, 2.24) is 5.32 Å². The van der Waals surface area contributed by atoms with E-state index >= 15 is 0 Å². The molecule has 2 aromatic carbocycles. The van der Waals surface area contributed by atoms with Crippen LogP contribution in [0.5, 0.6) is 11.5 Å². The van der Waals surface area contributed by atoms with Crippen molar-refractivity contribution in [1.29, 1.82) is 0 Å². The average molecular weight is 315 g/mol. The maximum atomic E-state index is 12.2. The summed E-state index contributed by atoms with van der Waals surface area (Å²) in [5.74, 6) is -0.276. The largest absolute Gasteiger partial charge is 0.496 e. The van der Waals surface area contributed by atoms with Crippen LogP contribution in [0.3, 0.4) is 0 Å². The van der Waals surface area contributed by atoms with Gasteiger partial charge in [0.25, 0.3) is 5.91 Å². The molecule has 2 rings (SSSR count). The van der Waals surface area contributed by atoms with Crippen LogP contribution >= 0.6 is 0 Å². The molecule has 6 nitrogen and oxygen atoms in total. The van der Waals surface area contributed by atoms with Gasteiger partial charge in [0, 0.05) is 6.54 Å². The Morgan fingerprint density at radius 3 is 2.43 bits per heavy atom. The minimum atomic E-state index is -1.03. The molecule has 0 aliphatic rings. The third-order valence-corrected chi connectivity index (χ3v) is 3.09. The summed E-state index contributed by atoms with van der Waals surface area (Å²) in [6.07, 6.45) is 0. The number of carboxylic acid groups (broad SMARTS) is 1. The zero-order valence-corrected chi connectivity index (χ0v) is 12.6. The number of ether oxygens (including phenoxy) is 2. The molecule has 120 valence electrons. The molecular formula is C17H17NO5. The Morgan fingerprint density at radius 1 is 1.09 bits per heavy atom. The van der Waals surface area contributed by atoms with Crippen LogP contribution in [0.25, 0.3) is 0 Å². The lowest BCUT2D eigenvalue weighted by molar-refractivity contribution is -0.139. The summed E-state index contributed by atoms with van der Waals surface area (Å²) in [6.45, 7) is -0.0417. The van der Waals surface area contributed by atoms with Crippen LogP contribution in [0.2, 0.25) is 0 Å². The number of methoxy groups -OCH3 is 1. The number of benzene rings is 2. The molecule has 0 fully saturated rings. The lowest BCUT2D eigenvalue weighted by atomic mass is 10.1. The molecule has 6 heteroatoms. The number of nitrogens with one attached hydrogen (secondary N) is 1. The van der Waals surface area contributed by atoms with Crippen molar-refractivity contribution >= 4 is 11.9 Å². The maximum Gasteiger partial charge on any atom is 0.341 e. The number of para-hydroxylation sites is 1. The van der Waals surface area contributed by atoms with Gasteiger partial charge in [-0.25, -0.2) is 4.79 Å². The monoisotopic (exact) mass is 315 g/mol. The van der Waals surface area contributed by atoms with Gasteiger partial charge in [0.2, 0.25) is 0 Å². The first-order chi connectivity index (χ1) is 11.1. The quantitative estimate of drug-likeness (QED) is 0.817. The van der Waals surface area contributed by atoms with Gasteiger partial charge in [-0.15, -0.1) is 0 Å². The Labute approximate surface area is 133 Å². The number of hydrogen-bond acceptors (Lipinski definition) is 4. The highest BCUT2D eigenvalue weighted by atomic mass is 16.5. The molecule has 0 radical (unpaired) electrons. The lowest BCUT2D eigenvalue weighted by Crippen LogP contribution is -2.23. The second-order valence-electron chi connectivity index (χ2n) is 4.71. The van der Waals surface area contributed by atoms with Crippen LogP contribution < -0.4 is 14.8 Å². The third-order valence-electron chi connectivity index (χ3n) is 3.09. The van der Waals surface area contributed by atoms with Crippen LogP contribution in [-0.4, -0.2) is 30.7 Å². The van der Waals surface area contributed by atoms with Crippen LogP contribution in [-0.2, 0) is 11.3 Å². The van der Waals surface area contributed by atoms with E-state index in [-0.39, 0.29) is 12.5 Å². The number of carbonyl (C=O) groups excluding carboxylic acids is 1. The van der Waals surface area contributed by atoms with E-state index in [0.717, 1.165) is 5.56 Å². The Balaban J connectivity index is 1.92. The molecule has 0 spiro atoms. The molecular weight excluding hydrogens is 298 g/mol. The van der Waals surface area contributed by atoms with Gasteiger partial charge in [0.1, 0.15) is 11.5 Å². The second-order valence-corrected chi connectivity index (χ2v) is 4.71. The lowest BCUT2D eigenvalue weighted by Gasteiger charge is -2.09. The van der Waals surface area contributed by atoms with Crippen molar-refractivity contribution in [3.8, 4) is 11.5 Å². The van der Waals surface area contributed by atoms with Gasteiger partial charge in [-0.05, 0) is 29.8 Å². The number of carboxylic acids is 1. The Morgan fingerprint density at radius 2 is 1.78 bits per heavy atom. The van der Waals surface area contributed by atoms with Crippen molar-refractivity contribution in [2.45, 2.75) is 6.54 Å². The molecule has 0 saturated heterocycles. The average Bonchev–Trinajstić information content (AvgIpc) is 2.58. The molecule has 0 bridgehead atoms. The summed E-state index contributed by atoms with van der Waals surface area (Å²) in [5.41, 5.74) is 1.34. The summed E-state index contributed by atoms with van der Waals surface area (Å²) < 4.78 is 10.2. The molecule has 0 aliphatic heterocycles. The Bertz CT molecular complexity index is 682. The first-order valence-electron chi connectivity index (χ1n) is 6.95. The van der Waals surface area contributed by atoms with Gasteiger partial charge >= 0.3 is 5.97 Å². The summed E-state index contributed by atoms with van der Waals surface area (Å²) in [4.78, 5) is 22.6. The molecule has 23 heavy (non-hydrogen) atoms. The van der Waals surface area contributed by atoms with Crippen molar-refractivity contribution in [2.75, 3.05) is 13.7 Å². The van der Waals surface area contributed by atoms with E-state index in [0.29, 0.717) is 23.6 Å². The fraction of sp³-hybridized carbons (Fsp3) is 0.176. The van der Waals surface area contributed by atoms with Crippen molar-refractivity contribution in [3.63, 3.8) is 0 Å². The van der Waals surface area contributed by atoms with Crippen LogP contribution in [0.4, 0.5) is 0 Å². The maximum absolute atomic E-state index is 12.2. The van der Waals surface area contributed by atoms with E-state index < -0.39 is 5.97 Å². The van der Waals surface area contributed by atoms with Gasteiger partial charge in [0.05, 0.1) is 12.7 Å². The first kappa shape index (κ1) is 16.4. The number of rotatable bonds is 7. The van der Waals surface area contributed by atoms with Crippen molar-refractivity contribution in [3.05, 3.63) is 59.7 Å². The summed E-state index contributed by atoms with van der Waals surface area (Å²) in [6, 6.07) is 13.8. The highest BCUT2D eigenvalue weighted by molar-refractivity contribution is 5.96. The van der Waals surface area contributed by atoms with Crippen LogP contribution in [0.1, 0.15) is 15.9 Å². The standard InChI is InChI=1S/C17H17NO5/c1-22-15-5-3-2-4-14(15)17(21)18-10-12-6-8-13(9-7-12)23-11-16(19)20/h2-9H,10-11H2,1H3,(H,18,21)(H,19,20). The summed E-state index contributed by atoms with van der Waals surface area (Å²) in [7, 11) is 1.52. The zero-order valence-electron chi connectivity index (χ0n) is 12.6.